The summed E-state index contributed by atoms with van der Waals surface area (Å²) in [4.78, 5) is 29.4. The molecule has 170 valence electrons. The molecule has 0 radical (unpaired) electrons. The van der Waals surface area contributed by atoms with Crippen LogP contribution >= 0.6 is 0 Å². The van der Waals surface area contributed by atoms with Gasteiger partial charge in [0.15, 0.2) is 0 Å². The summed E-state index contributed by atoms with van der Waals surface area (Å²) in [7, 11) is 0. The van der Waals surface area contributed by atoms with Crippen molar-refractivity contribution in [2.45, 2.75) is 59.6 Å². The van der Waals surface area contributed by atoms with Crippen LogP contribution < -0.4 is 5.32 Å². The number of aromatic nitrogens is 2. The molecule has 0 aliphatic heterocycles. The molecule has 1 aromatic carbocycles. The fourth-order valence-corrected chi connectivity index (χ4v) is 3.74. The first-order valence-corrected chi connectivity index (χ1v) is 10.8. The molecule has 1 amide bonds. The third-order valence-electron chi connectivity index (χ3n) is 5.03. The SMILES string of the molecule is CCOC(=O)CC(NC(=O)OC(C)(C)C)c1cc(-c2c(C)cccc2C)n2ccnc2c1. The summed E-state index contributed by atoms with van der Waals surface area (Å²) in [6, 6.07) is 9.38. The minimum atomic E-state index is -0.658. The van der Waals surface area contributed by atoms with Gasteiger partial charge in [-0.05, 0) is 70.4 Å². The Balaban J connectivity index is 2.09. The number of hydrogen-bond acceptors (Lipinski definition) is 5. The number of fused-ring (bicyclic) bond motifs is 1. The van der Waals surface area contributed by atoms with E-state index in [2.05, 4.69) is 36.3 Å². The number of benzene rings is 1. The van der Waals surface area contributed by atoms with Crippen molar-refractivity contribution in [2.75, 3.05) is 6.61 Å². The van der Waals surface area contributed by atoms with Gasteiger partial charge in [-0.15, -0.1) is 0 Å². The van der Waals surface area contributed by atoms with E-state index in [-0.39, 0.29) is 13.0 Å². The summed E-state index contributed by atoms with van der Waals surface area (Å²) in [5, 5.41) is 2.84. The molecule has 7 heteroatoms. The Hall–Kier alpha value is -3.35. The van der Waals surface area contributed by atoms with E-state index in [0.29, 0.717) is 0 Å². The topological polar surface area (TPSA) is 81.9 Å². The van der Waals surface area contributed by atoms with E-state index >= 15 is 0 Å². The number of aryl methyl sites for hydroxylation is 2. The number of imidazole rings is 1. The standard InChI is InChI=1S/C25H31N3O4/c1-7-31-22(29)15-19(27-24(30)32-25(4,5)6)18-13-20(28-12-11-26-21(28)14-18)23-16(2)9-8-10-17(23)3/h8-14,19H,7,15H2,1-6H3,(H,27,30). The molecule has 0 saturated heterocycles. The Morgan fingerprint density at radius 2 is 1.84 bits per heavy atom. The van der Waals surface area contributed by atoms with Crippen LogP contribution in [-0.4, -0.2) is 33.7 Å². The zero-order valence-electron chi connectivity index (χ0n) is 19.6. The fourth-order valence-electron chi connectivity index (χ4n) is 3.74. The first kappa shape index (κ1) is 23.3. The second-order valence-corrected chi connectivity index (χ2v) is 8.80. The molecule has 0 fully saturated rings. The highest BCUT2D eigenvalue weighted by Gasteiger charge is 2.25. The Morgan fingerprint density at radius 1 is 1.16 bits per heavy atom. The van der Waals surface area contributed by atoms with E-state index in [1.165, 1.54) is 0 Å². The van der Waals surface area contributed by atoms with Gasteiger partial charge in [0.05, 0.1) is 24.8 Å². The summed E-state index contributed by atoms with van der Waals surface area (Å²) in [6.45, 7) is 11.5. The Morgan fingerprint density at radius 3 is 2.47 bits per heavy atom. The van der Waals surface area contributed by atoms with Crippen LogP contribution in [0.25, 0.3) is 16.9 Å². The van der Waals surface area contributed by atoms with E-state index in [1.807, 2.05) is 28.8 Å². The Kier molecular flexibility index (Phi) is 6.87. The van der Waals surface area contributed by atoms with Gasteiger partial charge in [0.25, 0.3) is 0 Å². The minimum absolute atomic E-state index is 0.0177. The van der Waals surface area contributed by atoms with Crippen LogP contribution in [0.5, 0.6) is 0 Å². The molecule has 0 bridgehead atoms. The number of alkyl carbamates (subject to hydrolysis) is 1. The smallest absolute Gasteiger partial charge is 0.408 e. The largest absolute Gasteiger partial charge is 0.466 e. The van der Waals surface area contributed by atoms with Crippen molar-refractivity contribution in [1.29, 1.82) is 0 Å². The van der Waals surface area contributed by atoms with Crippen molar-refractivity contribution >= 4 is 17.7 Å². The second kappa shape index (κ2) is 9.42. The molecular formula is C25H31N3O4. The first-order chi connectivity index (χ1) is 15.1. The molecule has 0 aliphatic rings. The number of carbonyl (C=O) groups is 2. The van der Waals surface area contributed by atoms with Crippen LogP contribution in [0.2, 0.25) is 0 Å². The van der Waals surface area contributed by atoms with Crippen molar-refractivity contribution in [2.24, 2.45) is 0 Å². The Labute approximate surface area is 188 Å². The molecule has 1 N–H and O–H groups in total. The lowest BCUT2D eigenvalue weighted by molar-refractivity contribution is -0.143. The van der Waals surface area contributed by atoms with Crippen LogP contribution in [0.3, 0.4) is 0 Å². The van der Waals surface area contributed by atoms with Gasteiger partial charge < -0.3 is 14.8 Å². The number of carbonyl (C=O) groups excluding carboxylic acids is 2. The highest BCUT2D eigenvalue weighted by atomic mass is 16.6. The van der Waals surface area contributed by atoms with Crippen LogP contribution in [0.15, 0.2) is 42.7 Å². The summed E-state index contributed by atoms with van der Waals surface area (Å²) in [5.41, 5.74) is 5.09. The lowest BCUT2D eigenvalue weighted by Gasteiger charge is -2.24. The molecule has 3 rings (SSSR count). The number of nitrogens with zero attached hydrogens (tertiary/aromatic N) is 2. The van der Waals surface area contributed by atoms with Crippen LogP contribution in [0.1, 0.15) is 56.8 Å². The third kappa shape index (κ3) is 5.46. The molecule has 7 nitrogen and oxygen atoms in total. The minimum Gasteiger partial charge on any atom is -0.466 e. The van der Waals surface area contributed by atoms with Crippen molar-refractivity contribution < 1.29 is 19.1 Å². The van der Waals surface area contributed by atoms with Crippen molar-refractivity contribution in [3.63, 3.8) is 0 Å². The summed E-state index contributed by atoms with van der Waals surface area (Å²) >= 11 is 0. The predicted octanol–water partition coefficient (Wildman–Crippen LogP) is 5.14. The third-order valence-corrected chi connectivity index (χ3v) is 5.03. The van der Waals surface area contributed by atoms with Gasteiger partial charge in [-0.3, -0.25) is 9.20 Å². The lowest BCUT2D eigenvalue weighted by Crippen LogP contribution is -2.36. The van der Waals surface area contributed by atoms with Gasteiger partial charge in [0, 0.05) is 18.0 Å². The van der Waals surface area contributed by atoms with Crippen LogP contribution in [-0.2, 0) is 14.3 Å². The van der Waals surface area contributed by atoms with E-state index < -0.39 is 23.7 Å². The van der Waals surface area contributed by atoms with Gasteiger partial charge in [-0.1, -0.05) is 18.2 Å². The summed E-state index contributed by atoms with van der Waals surface area (Å²) in [6.07, 6.45) is 3.03. The quantitative estimate of drug-likeness (QED) is 0.540. The van der Waals surface area contributed by atoms with E-state index in [1.54, 1.807) is 33.9 Å². The molecule has 1 unspecified atom stereocenters. The first-order valence-electron chi connectivity index (χ1n) is 10.8. The molecule has 1 atom stereocenters. The Bertz CT molecular complexity index is 1110. The molecule has 0 spiro atoms. The molecule has 3 aromatic rings. The van der Waals surface area contributed by atoms with Gasteiger partial charge >= 0.3 is 12.1 Å². The molecule has 2 heterocycles. The average Bonchev–Trinajstić information content (AvgIpc) is 3.14. The van der Waals surface area contributed by atoms with Gasteiger partial charge in [0.1, 0.15) is 11.2 Å². The number of ether oxygens (including phenoxy) is 2. The zero-order valence-corrected chi connectivity index (χ0v) is 19.6. The fraction of sp³-hybridized carbons (Fsp3) is 0.400. The number of nitrogens with one attached hydrogen (secondary N) is 1. The van der Waals surface area contributed by atoms with Crippen molar-refractivity contribution in [3.05, 3.63) is 59.4 Å². The van der Waals surface area contributed by atoms with Gasteiger partial charge in [-0.2, -0.15) is 0 Å². The molecule has 2 aromatic heterocycles. The van der Waals surface area contributed by atoms with Crippen molar-refractivity contribution in [1.82, 2.24) is 14.7 Å². The zero-order chi connectivity index (χ0) is 23.5. The predicted molar refractivity (Wildman–Crippen MR) is 123 cm³/mol. The lowest BCUT2D eigenvalue weighted by atomic mass is 9.96. The van der Waals surface area contributed by atoms with Gasteiger partial charge in [-0.25, -0.2) is 9.78 Å². The molecular weight excluding hydrogens is 406 g/mol. The molecule has 0 saturated carbocycles. The maximum Gasteiger partial charge on any atom is 0.408 e. The number of hydrogen-bond donors (Lipinski definition) is 1. The van der Waals surface area contributed by atoms with E-state index in [9.17, 15) is 9.59 Å². The van der Waals surface area contributed by atoms with E-state index in [0.717, 1.165) is 33.6 Å². The molecule has 0 aliphatic carbocycles. The highest BCUT2D eigenvalue weighted by Crippen LogP contribution is 2.31. The van der Waals surface area contributed by atoms with Gasteiger partial charge in [0.2, 0.25) is 0 Å². The van der Waals surface area contributed by atoms with Crippen molar-refractivity contribution in [3.8, 4) is 11.3 Å². The van der Waals surface area contributed by atoms with Crippen LogP contribution in [0.4, 0.5) is 4.79 Å². The average molecular weight is 438 g/mol. The maximum absolute atomic E-state index is 12.6. The summed E-state index contributed by atoms with van der Waals surface area (Å²) < 4.78 is 12.6. The number of pyridine rings is 1. The highest BCUT2D eigenvalue weighted by molar-refractivity contribution is 5.75. The van der Waals surface area contributed by atoms with Crippen LogP contribution in [0, 0.1) is 13.8 Å². The maximum atomic E-state index is 12.6. The number of rotatable bonds is 6. The number of esters is 1. The normalized spacial score (nSPS) is 12.4. The summed E-state index contributed by atoms with van der Waals surface area (Å²) in [5.74, 6) is -0.398. The van der Waals surface area contributed by atoms with E-state index in [4.69, 9.17) is 9.47 Å². The second-order valence-electron chi connectivity index (χ2n) is 8.80. The number of amides is 1. The monoisotopic (exact) mass is 437 g/mol. The molecule has 32 heavy (non-hydrogen) atoms.